The fourth-order valence-corrected chi connectivity index (χ4v) is 4.08. The molecule has 1 aromatic heterocycles. The number of aromatic nitrogens is 2. The standard InChI is InChI=1S/C27H32N4O2/c1-19(2)23-12-7-20(3)17-25(23)33-18-27(32)28-22-10-8-21(9-11-22)24-13-14-26(30-29-24)31-15-5-4-6-16-31/h7-14,17,19H,4-6,15-16,18H2,1-3H3,(H,28,32). The van der Waals surface area contributed by atoms with Crippen molar-refractivity contribution in [1.29, 1.82) is 0 Å². The van der Waals surface area contributed by atoms with Crippen LogP contribution >= 0.6 is 0 Å². The third-order valence-corrected chi connectivity index (χ3v) is 5.94. The number of nitrogens with zero attached hydrogens (tertiary/aromatic N) is 3. The molecule has 4 rings (SSSR count). The number of anilines is 2. The fraction of sp³-hybridized carbons (Fsp3) is 0.370. The van der Waals surface area contributed by atoms with E-state index in [2.05, 4.69) is 46.4 Å². The second-order valence-corrected chi connectivity index (χ2v) is 8.93. The van der Waals surface area contributed by atoms with E-state index in [-0.39, 0.29) is 12.5 Å². The summed E-state index contributed by atoms with van der Waals surface area (Å²) in [6, 6.07) is 17.8. The molecule has 1 aliphatic heterocycles. The van der Waals surface area contributed by atoms with E-state index >= 15 is 0 Å². The summed E-state index contributed by atoms with van der Waals surface area (Å²) in [4.78, 5) is 14.7. The molecule has 2 heterocycles. The van der Waals surface area contributed by atoms with Gasteiger partial charge in [0, 0.05) is 24.3 Å². The van der Waals surface area contributed by atoms with Crippen LogP contribution in [0, 0.1) is 6.92 Å². The second kappa shape index (κ2) is 10.5. The highest BCUT2D eigenvalue weighted by molar-refractivity contribution is 5.92. The lowest BCUT2D eigenvalue weighted by Crippen LogP contribution is -2.30. The maximum Gasteiger partial charge on any atom is 0.262 e. The van der Waals surface area contributed by atoms with E-state index in [1.165, 1.54) is 19.3 Å². The Kier molecular flexibility index (Phi) is 7.23. The number of piperidine rings is 1. The van der Waals surface area contributed by atoms with Gasteiger partial charge in [-0.05, 0) is 73.6 Å². The first kappa shape index (κ1) is 22.8. The number of carbonyl (C=O) groups excluding carboxylic acids is 1. The number of hydrogen-bond donors (Lipinski definition) is 1. The van der Waals surface area contributed by atoms with E-state index in [9.17, 15) is 4.79 Å². The van der Waals surface area contributed by atoms with Crippen LogP contribution in [0.2, 0.25) is 0 Å². The van der Waals surface area contributed by atoms with Crippen molar-refractivity contribution in [3.63, 3.8) is 0 Å². The molecule has 0 radical (unpaired) electrons. The first-order valence-corrected chi connectivity index (χ1v) is 11.7. The maximum absolute atomic E-state index is 12.4. The number of aryl methyl sites for hydroxylation is 1. The lowest BCUT2D eigenvalue weighted by Gasteiger charge is -2.27. The van der Waals surface area contributed by atoms with Crippen LogP contribution < -0.4 is 15.0 Å². The predicted molar refractivity (Wildman–Crippen MR) is 133 cm³/mol. The van der Waals surface area contributed by atoms with E-state index in [0.717, 1.165) is 52.7 Å². The monoisotopic (exact) mass is 444 g/mol. The van der Waals surface area contributed by atoms with E-state index < -0.39 is 0 Å². The summed E-state index contributed by atoms with van der Waals surface area (Å²) in [5, 5.41) is 11.7. The van der Waals surface area contributed by atoms with Gasteiger partial charge in [-0.1, -0.05) is 38.1 Å². The quantitative estimate of drug-likeness (QED) is 0.515. The van der Waals surface area contributed by atoms with Crippen molar-refractivity contribution >= 4 is 17.4 Å². The largest absolute Gasteiger partial charge is 0.483 e. The summed E-state index contributed by atoms with van der Waals surface area (Å²) in [6.07, 6.45) is 3.72. The zero-order valence-electron chi connectivity index (χ0n) is 19.7. The van der Waals surface area contributed by atoms with Gasteiger partial charge in [-0.25, -0.2) is 0 Å². The topological polar surface area (TPSA) is 67.3 Å². The van der Waals surface area contributed by atoms with Gasteiger partial charge < -0.3 is 15.0 Å². The molecule has 2 aromatic carbocycles. The average Bonchev–Trinajstić information content (AvgIpc) is 2.84. The first-order valence-electron chi connectivity index (χ1n) is 11.7. The molecule has 1 saturated heterocycles. The summed E-state index contributed by atoms with van der Waals surface area (Å²) in [7, 11) is 0. The molecule has 1 aliphatic rings. The van der Waals surface area contributed by atoms with Crippen molar-refractivity contribution in [2.75, 3.05) is 29.9 Å². The van der Waals surface area contributed by atoms with Crippen LogP contribution in [0.4, 0.5) is 11.5 Å². The molecule has 0 saturated carbocycles. The van der Waals surface area contributed by atoms with Crippen LogP contribution in [-0.2, 0) is 4.79 Å². The second-order valence-electron chi connectivity index (χ2n) is 8.93. The molecular weight excluding hydrogens is 412 g/mol. The molecule has 0 atom stereocenters. The third-order valence-electron chi connectivity index (χ3n) is 5.94. The van der Waals surface area contributed by atoms with Crippen LogP contribution in [0.5, 0.6) is 5.75 Å². The zero-order valence-corrected chi connectivity index (χ0v) is 19.7. The van der Waals surface area contributed by atoms with E-state index in [1.54, 1.807) is 0 Å². The number of carbonyl (C=O) groups is 1. The minimum absolute atomic E-state index is 0.0334. The molecule has 1 amide bonds. The molecular formula is C27H32N4O2. The van der Waals surface area contributed by atoms with Crippen molar-refractivity contribution in [2.45, 2.75) is 46.0 Å². The highest BCUT2D eigenvalue weighted by Crippen LogP contribution is 2.27. The number of benzene rings is 2. The molecule has 0 bridgehead atoms. The van der Waals surface area contributed by atoms with Gasteiger partial charge in [0.2, 0.25) is 0 Å². The molecule has 0 spiro atoms. The Bertz CT molecular complexity index is 1070. The molecule has 0 unspecified atom stereocenters. The molecule has 6 nitrogen and oxygen atoms in total. The Balaban J connectivity index is 1.34. The van der Waals surface area contributed by atoms with Crippen molar-refractivity contribution in [3.8, 4) is 17.0 Å². The van der Waals surface area contributed by atoms with Crippen LogP contribution in [0.15, 0.2) is 54.6 Å². The minimum atomic E-state index is -0.190. The predicted octanol–water partition coefficient (Wildman–Crippen LogP) is 5.58. The van der Waals surface area contributed by atoms with Crippen molar-refractivity contribution < 1.29 is 9.53 Å². The van der Waals surface area contributed by atoms with Gasteiger partial charge in [-0.3, -0.25) is 4.79 Å². The number of nitrogens with one attached hydrogen (secondary N) is 1. The molecule has 33 heavy (non-hydrogen) atoms. The molecule has 172 valence electrons. The number of hydrogen-bond acceptors (Lipinski definition) is 5. The summed E-state index contributed by atoms with van der Waals surface area (Å²) < 4.78 is 5.83. The number of ether oxygens (including phenoxy) is 1. The van der Waals surface area contributed by atoms with Crippen molar-refractivity contribution in [3.05, 3.63) is 65.7 Å². The minimum Gasteiger partial charge on any atom is -0.483 e. The van der Waals surface area contributed by atoms with Crippen LogP contribution in [0.3, 0.4) is 0 Å². The van der Waals surface area contributed by atoms with Crippen LogP contribution in [0.1, 0.15) is 50.2 Å². The van der Waals surface area contributed by atoms with Crippen molar-refractivity contribution in [2.24, 2.45) is 0 Å². The average molecular weight is 445 g/mol. The maximum atomic E-state index is 12.4. The molecule has 0 aliphatic carbocycles. The van der Waals surface area contributed by atoms with Crippen LogP contribution in [-0.4, -0.2) is 35.8 Å². The molecule has 3 aromatic rings. The van der Waals surface area contributed by atoms with Gasteiger partial charge >= 0.3 is 0 Å². The first-order chi connectivity index (χ1) is 16.0. The summed E-state index contributed by atoms with van der Waals surface area (Å²) in [5.74, 6) is 1.84. The van der Waals surface area contributed by atoms with E-state index in [1.807, 2.05) is 49.4 Å². The molecule has 1 fully saturated rings. The van der Waals surface area contributed by atoms with Gasteiger partial charge in [0.05, 0.1) is 5.69 Å². The number of amides is 1. The number of rotatable bonds is 7. The Labute approximate surface area is 196 Å². The Morgan fingerprint density at radius 3 is 2.42 bits per heavy atom. The molecule has 1 N–H and O–H groups in total. The zero-order chi connectivity index (χ0) is 23.2. The molecule has 6 heteroatoms. The SMILES string of the molecule is Cc1ccc(C(C)C)c(OCC(=O)Nc2ccc(-c3ccc(N4CCCCC4)nn3)cc2)c1. The lowest BCUT2D eigenvalue weighted by molar-refractivity contribution is -0.118. The van der Waals surface area contributed by atoms with Crippen LogP contribution in [0.25, 0.3) is 11.3 Å². The van der Waals surface area contributed by atoms with Crippen molar-refractivity contribution in [1.82, 2.24) is 10.2 Å². The lowest BCUT2D eigenvalue weighted by atomic mass is 10.0. The van der Waals surface area contributed by atoms with Gasteiger partial charge in [0.1, 0.15) is 5.75 Å². The van der Waals surface area contributed by atoms with E-state index in [4.69, 9.17) is 4.74 Å². The van der Waals surface area contributed by atoms with Gasteiger partial charge in [0.25, 0.3) is 5.91 Å². The van der Waals surface area contributed by atoms with Gasteiger partial charge in [-0.15, -0.1) is 10.2 Å². The Morgan fingerprint density at radius 1 is 1.00 bits per heavy atom. The fourth-order valence-electron chi connectivity index (χ4n) is 4.08. The highest BCUT2D eigenvalue weighted by Gasteiger charge is 2.13. The highest BCUT2D eigenvalue weighted by atomic mass is 16.5. The summed E-state index contributed by atoms with van der Waals surface area (Å²) in [6.45, 7) is 8.32. The smallest absolute Gasteiger partial charge is 0.262 e. The van der Waals surface area contributed by atoms with Gasteiger partial charge in [-0.2, -0.15) is 0 Å². The van der Waals surface area contributed by atoms with Gasteiger partial charge in [0.15, 0.2) is 12.4 Å². The third kappa shape index (κ3) is 5.89. The summed E-state index contributed by atoms with van der Waals surface area (Å²) >= 11 is 0. The Hall–Kier alpha value is -3.41. The summed E-state index contributed by atoms with van der Waals surface area (Å²) in [5.41, 5.74) is 4.71. The Morgan fingerprint density at radius 2 is 1.76 bits per heavy atom. The normalized spacial score (nSPS) is 13.8. The van der Waals surface area contributed by atoms with E-state index in [0.29, 0.717) is 5.92 Å².